The van der Waals surface area contributed by atoms with Gasteiger partial charge in [-0.05, 0) is 6.42 Å². The van der Waals surface area contributed by atoms with Gasteiger partial charge in [-0.1, -0.05) is 39.0 Å². The molecule has 0 saturated heterocycles. The van der Waals surface area contributed by atoms with Gasteiger partial charge in [0, 0.05) is 0 Å². The van der Waals surface area contributed by atoms with E-state index in [-0.39, 0.29) is 0 Å². The zero-order valence-electron chi connectivity index (χ0n) is 31.6. The molecule has 0 fully saturated rings. The van der Waals surface area contributed by atoms with E-state index in [0.717, 1.165) is 0 Å². The molecular weight excluding hydrogens is 549 g/mol. The molecule has 0 aliphatic rings. The van der Waals surface area contributed by atoms with Crippen LogP contribution in [0, 0.1) is 0 Å². The molecule has 0 radical (unpaired) electrons. The summed E-state index contributed by atoms with van der Waals surface area (Å²) in [6, 6.07) is 0. The van der Waals surface area contributed by atoms with E-state index < -0.39 is 7.41 Å². The average Bonchev–Trinajstić information content (AvgIpc) is 3.03. The number of unbranched alkanes of at least 4 members (excludes halogenated alkanes) is 27. The Labute approximate surface area is 282 Å². The van der Waals surface area contributed by atoms with Crippen LogP contribution in [0.5, 0.6) is 0 Å². The first kappa shape index (κ1) is 44.1. The van der Waals surface area contributed by atoms with E-state index in [1.54, 1.807) is 18.5 Å². The Bertz CT molecular complexity index is 503. The van der Waals surface area contributed by atoms with E-state index in [1.165, 1.54) is 212 Å². The van der Waals surface area contributed by atoms with Crippen molar-refractivity contribution in [3.63, 3.8) is 0 Å². The molecule has 0 aliphatic heterocycles. The molecule has 0 aromatic carbocycles. The van der Waals surface area contributed by atoms with Crippen molar-refractivity contribution in [2.45, 2.75) is 233 Å². The second-order valence-corrected chi connectivity index (χ2v) is 19.1. The van der Waals surface area contributed by atoms with Gasteiger partial charge in [-0.3, -0.25) is 0 Å². The van der Waals surface area contributed by atoms with Crippen LogP contribution in [0.3, 0.4) is 0 Å². The zero-order chi connectivity index (χ0) is 32.1. The zero-order valence-corrected chi connectivity index (χ0v) is 32.6. The SMILES string of the molecule is CCCCCCCC/C=C\CCCCCCCCN[PH](CCCCCCCC)(CCCCCCCC)CCCCCCCC. The standard InChI is InChI=1S/C42H88NP/c1-5-9-13-17-21-22-23-24-25-26-27-28-29-30-31-35-39-43-44(40-36-32-18-14-10-6-2,41-37-33-19-15-11-7-3)42-38-34-20-16-12-8-4/h24-25,43-44H,5-23,26-42H2,1-4H3/b25-24-. The van der Waals surface area contributed by atoms with Crippen molar-refractivity contribution in [3.8, 4) is 0 Å². The van der Waals surface area contributed by atoms with Gasteiger partial charge in [0.25, 0.3) is 0 Å². The molecule has 0 atom stereocenters. The van der Waals surface area contributed by atoms with E-state index in [2.05, 4.69) is 44.9 Å². The molecule has 0 saturated carbocycles. The summed E-state index contributed by atoms with van der Waals surface area (Å²) in [6.45, 7) is 10.7. The number of nitrogens with one attached hydrogen (secondary N) is 1. The Kier molecular flexibility index (Phi) is 37.7. The van der Waals surface area contributed by atoms with Gasteiger partial charge in [0.1, 0.15) is 0 Å². The van der Waals surface area contributed by atoms with Crippen LogP contribution in [-0.4, -0.2) is 25.0 Å². The van der Waals surface area contributed by atoms with E-state index in [0.29, 0.717) is 0 Å². The summed E-state index contributed by atoms with van der Waals surface area (Å²) in [7, 11) is -1.37. The fourth-order valence-electron chi connectivity index (χ4n) is 7.10. The van der Waals surface area contributed by atoms with Gasteiger partial charge in [0.15, 0.2) is 0 Å². The molecule has 44 heavy (non-hydrogen) atoms. The van der Waals surface area contributed by atoms with Gasteiger partial charge in [-0.2, -0.15) is 0 Å². The third kappa shape index (κ3) is 32.1. The molecule has 1 nitrogen and oxygen atoms in total. The van der Waals surface area contributed by atoms with E-state index in [4.69, 9.17) is 0 Å². The van der Waals surface area contributed by atoms with Crippen molar-refractivity contribution in [3.05, 3.63) is 12.2 Å². The second kappa shape index (κ2) is 37.6. The van der Waals surface area contributed by atoms with Crippen LogP contribution in [0.1, 0.15) is 233 Å². The molecule has 266 valence electrons. The van der Waals surface area contributed by atoms with Crippen LogP contribution in [0.4, 0.5) is 0 Å². The summed E-state index contributed by atoms with van der Waals surface area (Å²) >= 11 is 0. The second-order valence-electron chi connectivity index (χ2n) is 14.7. The number of rotatable bonds is 38. The fourth-order valence-corrected chi connectivity index (χ4v) is 11.9. The topological polar surface area (TPSA) is 12.0 Å². The predicted octanol–water partition coefficient (Wildman–Crippen LogP) is 15.4. The van der Waals surface area contributed by atoms with Crippen molar-refractivity contribution >= 4 is 7.41 Å². The monoisotopic (exact) mass is 638 g/mol. The van der Waals surface area contributed by atoms with Crippen LogP contribution in [0.15, 0.2) is 12.2 Å². The Morgan fingerprint density at radius 2 is 0.591 bits per heavy atom. The van der Waals surface area contributed by atoms with E-state index >= 15 is 0 Å². The van der Waals surface area contributed by atoms with Crippen LogP contribution in [0.2, 0.25) is 0 Å². The van der Waals surface area contributed by atoms with E-state index in [1.807, 2.05) is 0 Å². The minimum absolute atomic E-state index is 1.31. The average molecular weight is 638 g/mol. The first-order valence-corrected chi connectivity index (χ1v) is 23.8. The molecule has 0 spiro atoms. The van der Waals surface area contributed by atoms with Crippen molar-refractivity contribution in [1.82, 2.24) is 5.09 Å². The third-order valence-corrected chi connectivity index (χ3v) is 15.1. The van der Waals surface area contributed by atoms with E-state index in [9.17, 15) is 0 Å². The number of hydrogen-bond acceptors (Lipinski definition) is 1. The van der Waals surface area contributed by atoms with Crippen LogP contribution < -0.4 is 5.09 Å². The Balaban J connectivity index is 4.47. The van der Waals surface area contributed by atoms with Crippen molar-refractivity contribution < 1.29 is 0 Å². The van der Waals surface area contributed by atoms with Crippen molar-refractivity contribution in [1.29, 1.82) is 0 Å². The molecule has 0 aromatic heterocycles. The quantitative estimate of drug-likeness (QED) is 0.0403. The van der Waals surface area contributed by atoms with Crippen LogP contribution in [-0.2, 0) is 0 Å². The summed E-state index contributed by atoms with van der Waals surface area (Å²) in [5.41, 5.74) is 0. The first-order chi connectivity index (χ1) is 21.7. The Morgan fingerprint density at radius 1 is 0.318 bits per heavy atom. The van der Waals surface area contributed by atoms with Gasteiger partial charge in [-0.15, -0.1) is 0 Å². The molecule has 1 N–H and O–H groups in total. The molecule has 0 rings (SSSR count). The van der Waals surface area contributed by atoms with Gasteiger partial charge < -0.3 is 0 Å². The molecule has 0 amide bonds. The first-order valence-electron chi connectivity index (χ1n) is 21.1. The Hall–Kier alpha value is 0.130. The molecule has 2 heteroatoms. The molecular formula is C42H88NP. The molecule has 0 aliphatic carbocycles. The molecule has 0 aromatic rings. The normalized spacial score (nSPS) is 12.5. The summed E-state index contributed by atoms with van der Waals surface area (Å²) in [4.78, 5) is 0. The van der Waals surface area contributed by atoms with Gasteiger partial charge in [-0.25, -0.2) is 0 Å². The van der Waals surface area contributed by atoms with Crippen LogP contribution in [0.25, 0.3) is 0 Å². The number of hydrogen-bond donors (Lipinski definition) is 1. The predicted molar refractivity (Wildman–Crippen MR) is 210 cm³/mol. The van der Waals surface area contributed by atoms with Gasteiger partial charge in [0.2, 0.25) is 0 Å². The molecule has 0 unspecified atom stereocenters. The summed E-state index contributed by atoms with van der Waals surface area (Å²) < 4.78 is 0. The Morgan fingerprint density at radius 3 is 0.932 bits per heavy atom. The summed E-state index contributed by atoms with van der Waals surface area (Å²) in [5, 5.41) is 4.42. The minimum atomic E-state index is -1.37. The maximum absolute atomic E-state index is 4.42. The summed E-state index contributed by atoms with van der Waals surface area (Å²) in [6.07, 6.45) is 55.5. The maximum atomic E-state index is 4.42. The fraction of sp³-hybridized carbons (Fsp3) is 0.952. The third-order valence-electron chi connectivity index (χ3n) is 10.2. The van der Waals surface area contributed by atoms with Crippen molar-refractivity contribution in [2.24, 2.45) is 0 Å². The van der Waals surface area contributed by atoms with Crippen LogP contribution >= 0.6 is 7.41 Å². The molecule has 0 bridgehead atoms. The number of allylic oxidation sites excluding steroid dienone is 2. The van der Waals surface area contributed by atoms with Gasteiger partial charge >= 0.3 is 237 Å². The summed E-state index contributed by atoms with van der Waals surface area (Å²) in [5.74, 6) is 0. The molecule has 0 heterocycles. The van der Waals surface area contributed by atoms with Crippen molar-refractivity contribution in [2.75, 3.05) is 25.0 Å². The van der Waals surface area contributed by atoms with Gasteiger partial charge in [0.05, 0.1) is 0 Å².